The van der Waals surface area contributed by atoms with E-state index >= 15 is 0 Å². The first kappa shape index (κ1) is 29.9. The third-order valence-corrected chi connectivity index (χ3v) is 7.50. The fourth-order valence-corrected chi connectivity index (χ4v) is 5.22. The molecule has 0 spiro atoms. The molecule has 2 amide bonds. The molecule has 1 atom stereocenters. The largest absolute Gasteiger partial charge is 0.354 e. The fraction of sp³-hybridized carbons (Fsp3) is 0.355. The fourth-order valence-electron chi connectivity index (χ4n) is 4.38. The van der Waals surface area contributed by atoms with Gasteiger partial charge >= 0.3 is 0 Å². The normalized spacial score (nSPS) is 12.2. The highest BCUT2D eigenvalue weighted by Crippen LogP contribution is 2.21. The highest BCUT2D eigenvalue weighted by atomic mass is 32.2. The van der Waals surface area contributed by atoms with E-state index in [0.29, 0.717) is 18.7 Å². The van der Waals surface area contributed by atoms with Gasteiger partial charge in [-0.15, -0.1) is 0 Å². The van der Waals surface area contributed by atoms with E-state index in [4.69, 9.17) is 0 Å². The minimum absolute atomic E-state index is 0.165. The van der Waals surface area contributed by atoms with Gasteiger partial charge < -0.3 is 10.2 Å². The van der Waals surface area contributed by atoms with E-state index in [2.05, 4.69) is 5.32 Å². The summed E-state index contributed by atoms with van der Waals surface area (Å²) < 4.78 is 26.8. The predicted octanol–water partition coefficient (Wildman–Crippen LogP) is 4.48. The van der Waals surface area contributed by atoms with Crippen LogP contribution in [0.4, 0.5) is 5.69 Å². The molecule has 3 rings (SSSR count). The number of aryl methyl sites for hydroxylation is 2. The van der Waals surface area contributed by atoms with Crippen LogP contribution in [0.5, 0.6) is 0 Å². The smallest absolute Gasteiger partial charge is 0.244 e. The predicted molar refractivity (Wildman–Crippen MR) is 157 cm³/mol. The summed E-state index contributed by atoms with van der Waals surface area (Å²) >= 11 is 0. The molecular weight excluding hydrogens is 510 g/mol. The molecule has 3 aromatic rings. The number of rotatable bonds is 12. The molecule has 0 aliphatic carbocycles. The molecule has 8 heteroatoms. The van der Waals surface area contributed by atoms with Crippen LogP contribution >= 0.6 is 0 Å². The Morgan fingerprint density at radius 1 is 0.846 bits per heavy atom. The van der Waals surface area contributed by atoms with E-state index in [1.807, 2.05) is 88.4 Å². The summed E-state index contributed by atoms with van der Waals surface area (Å²) in [6, 6.07) is 23.5. The van der Waals surface area contributed by atoms with Crippen LogP contribution in [-0.4, -0.2) is 50.5 Å². The van der Waals surface area contributed by atoms with Crippen LogP contribution in [0, 0.1) is 19.8 Å². The van der Waals surface area contributed by atoms with Crippen molar-refractivity contribution < 1.29 is 18.0 Å². The van der Waals surface area contributed by atoms with Gasteiger partial charge in [-0.2, -0.15) is 0 Å². The summed E-state index contributed by atoms with van der Waals surface area (Å²) in [6.45, 7) is 8.06. The maximum absolute atomic E-state index is 14.1. The molecule has 0 heterocycles. The van der Waals surface area contributed by atoms with E-state index < -0.39 is 28.5 Å². The van der Waals surface area contributed by atoms with Gasteiger partial charge in [0.15, 0.2) is 0 Å². The third kappa shape index (κ3) is 8.96. The van der Waals surface area contributed by atoms with Crippen LogP contribution in [0.1, 0.15) is 36.1 Å². The summed E-state index contributed by atoms with van der Waals surface area (Å²) in [7, 11) is -3.78. The Balaban J connectivity index is 2.05. The number of benzene rings is 3. The van der Waals surface area contributed by atoms with Crippen molar-refractivity contribution in [2.24, 2.45) is 5.92 Å². The molecule has 39 heavy (non-hydrogen) atoms. The number of amides is 2. The maximum Gasteiger partial charge on any atom is 0.244 e. The SMILES string of the molecule is Cc1cccc(CN(C(=O)CN(c2cccc(C)c2)S(C)(=O)=O)C(Cc2ccccc2)C(=O)NCC(C)C)c1. The summed E-state index contributed by atoms with van der Waals surface area (Å²) in [6.07, 6.45) is 1.38. The highest BCUT2D eigenvalue weighted by molar-refractivity contribution is 7.92. The van der Waals surface area contributed by atoms with Crippen molar-refractivity contribution in [2.75, 3.05) is 23.7 Å². The van der Waals surface area contributed by atoms with Gasteiger partial charge in [-0.3, -0.25) is 13.9 Å². The van der Waals surface area contributed by atoms with Gasteiger partial charge in [0.05, 0.1) is 11.9 Å². The second kappa shape index (κ2) is 13.4. The molecule has 0 aliphatic rings. The van der Waals surface area contributed by atoms with E-state index in [1.54, 1.807) is 18.2 Å². The Bertz CT molecular complexity index is 1370. The minimum atomic E-state index is -3.78. The van der Waals surface area contributed by atoms with E-state index in [9.17, 15) is 18.0 Å². The zero-order valence-corrected chi connectivity index (χ0v) is 24.2. The van der Waals surface area contributed by atoms with Crippen molar-refractivity contribution in [3.05, 3.63) is 101 Å². The van der Waals surface area contributed by atoms with Crippen molar-refractivity contribution in [3.63, 3.8) is 0 Å². The first-order valence-corrected chi connectivity index (χ1v) is 15.0. The molecule has 1 unspecified atom stereocenters. The zero-order chi connectivity index (χ0) is 28.6. The zero-order valence-electron chi connectivity index (χ0n) is 23.4. The standard InChI is InChI=1S/C31H39N3O4S/c1-23(2)20-32-31(36)29(19-26-13-7-6-8-14-26)33(21-27-15-9-11-24(3)17-27)30(35)22-34(39(5,37)38)28-16-10-12-25(4)18-28/h6-18,23,29H,19-22H2,1-5H3,(H,32,36). The van der Waals surface area contributed by atoms with Crippen LogP contribution in [0.25, 0.3) is 0 Å². The van der Waals surface area contributed by atoms with Gasteiger partial charge in [-0.1, -0.05) is 86.1 Å². The average Bonchev–Trinajstić information content (AvgIpc) is 2.87. The van der Waals surface area contributed by atoms with Crippen LogP contribution in [0.2, 0.25) is 0 Å². The lowest BCUT2D eigenvalue weighted by atomic mass is 10.0. The van der Waals surface area contributed by atoms with Gasteiger partial charge in [0, 0.05) is 19.5 Å². The minimum Gasteiger partial charge on any atom is -0.354 e. The van der Waals surface area contributed by atoms with Gasteiger partial charge in [-0.05, 0) is 48.6 Å². The average molecular weight is 550 g/mol. The number of nitrogens with zero attached hydrogens (tertiary/aromatic N) is 2. The molecule has 3 aromatic carbocycles. The summed E-state index contributed by atoms with van der Waals surface area (Å²) in [5, 5.41) is 2.99. The van der Waals surface area contributed by atoms with Gasteiger partial charge in [-0.25, -0.2) is 8.42 Å². The van der Waals surface area contributed by atoms with Crippen LogP contribution < -0.4 is 9.62 Å². The summed E-state index contributed by atoms with van der Waals surface area (Å²) in [5.74, 6) is -0.492. The summed E-state index contributed by atoms with van der Waals surface area (Å²) in [5.41, 5.74) is 4.08. The van der Waals surface area contributed by atoms with Crippen molar-refractivity contribution >= 4 is 27.5 Å². The first-order chi connectivity index (χ1) is 18.4. The lowest BCUT2D eigenvalue weighted by Gasteiger charge is -2.33. The Kier molecular flexibility index (Phi) is 10.3. The van der Waals surface area contributed by atoms with Crippen molar-refractivity contribution in [1.29, 1.82) is 0 Å². The Labute approximate surface area is 232 Å². The van der Waals surface area contributed by atoms with E-state index in [0.717, 1.165) is 32.8 Å². The second-order valence-electron chi connectivity index (χ2n) is 10.5. The van der Waals surface area contributed by atoms with E-state index in [-0.39, 0.29) is 18.4 Å². The molecule has 0 saturated carbocycles. The molecule has 1 N–H and O–H groups in total. The molecule has 0 bridgehead atoms. The van der Waals surface area contributed by atoms with E-state index in [1.165, 1.54) is 4.90 Å². The quantitative estimate of drug-likeness (QED) is 0.361. The molecule has 0 saturated heterocycles. The van der Waals surface area contributed by atoms with Crippen LogP contribution in [-0.2, 0) is 32.6 Å². The molecular formula is C31H39N3O4S. The number of hydrogen-bond acceptors (Lipinski definition) is 4. The number of nitrogens with one attached hydrogen (secondary N) is 1. The van der Waals surface area contributed by atoms with Gasteiger partial charge in [0.25, 0.3) is 0 Å². The Hall–Kier alpha value is -3.65. The monoisotopic (exact) mass is 549 g/mol. The number of sulfonamides is 1. The molecule has 0 radical (unpaired) electrons. The third-order valence-electron chi connectivity index (χ3n) is 6.36. The Morgan fingerprint density at radius 3 is 2.05 bits per heavy atom. The Morgan fingerprint density at radius 2 is 1.46 bits per heavy atom. The second-order valence-corrected chi connectivity index (χ2v) is 12.4. The number of carbonyl (C=O) groups is 2. The first-order valence-electron chi connectivity index (χ1n) is 13.1. The lowest BCUT2D eigenvalue weighted by Crippen LogP contribution is -2.53. The van der Waals surface area contributed by atoms with Crippen molar-refractivity contribution in [3.8, 4) is 0 Å². The van der Waals surface area contributed by atoms with Crippen LogP contribution in [0.3, 0.4) is 0 Å². The number of carbonyl (C=O) groups excluding carboxylic acids is 2. The molecule has 0 aromatic heterocycles. The van der Waals surface area contributed by atoms with Gasteiger partial charge in [0.1, 0.15) is 12.6 Å². The number of anilines is 1. The topological polar surface area (TPSA) is 86.8 Å². The number of hydrogen-bond donors (Lipinski definition) is 1. The lowest BCUT2D eigenvalue weighted by molar-refractivity contribution is -0.140. The maximum atomic E-state index is 14.1. The summed E-state index contributed by atoms with van der Waals surface area (Å²) in [4.78, 5) is 29.2. The van der Waals surface area contributed by atoms with Crippen molar-refractivity contribution in [2.45, 2.75) is 46.7 Å². The molecule has 7 nitrogen and oxygen atoms in total. The molecule has 208 valence electrons. The highest BCUT2D eigenvalue weighted by Gasteiger charge is 2.33. The van der Waals surface area contributed by atoms with Gasteiger partial charge in [0.2, 0.25) is 21.8 Å². The van der Waals surface area contributed by atoms with Crippen LogP contribution in [0.15, 0.2) is 78.9 Å². The molecule has 0 aliphatic heterocycles. The molecule has 0 fully saturated rings. The van der Waals surface area contributed by atoms with Crippen molar-refractivity contribution in [1.82, 2.24) is 10.2 Å².